The predicted molar refractivity (Wildman–Crippen MR) is 81.2 cm³/mol. The fraction of sp³-hybridized carbons (Fsp3) is 0.294. The molecule has 0 aliphatic heterocycles. The van der Waals surface area contributed by atoms with E-state index < -0.39 is 0 Å². The summed E-state index contributed by atoms with van der Waals surface area (Å²) in [5.41, 5.74) is 2.08. The quantitative estimate of drug-likeness (QED) is 0.763. The van der Waals surface area contributed by atoms with Crippen LogP contribution in [-0.2, 0) is 0 Å². The molecular formula is C17H19NO3. The fourth-order valence-electron chi connectivity index (χ4n) is 1.97. The summed E-state index contributed by atoms with van der Waals surface area (Å²) < 4.78 is 10.8. The van der Waals surface area contributed by atoms with Gasteiger partial charge in [-0.15, -0.1) is 0 Å². The molecule has 1 heterocycles. The van der Waals surface area contributed by atoms with Gasteiger partial charge in [-0.05, 0) is 31.0 Å². The Morgan fingerprint density at radius 1 is 1.19 bits per heavy atom. The number of aryl methyl sites for hydroxylation is 1. The molecule has 0 atom stereocenters. The first-order chi connectivity index (χ1) is 10.2. The Labute approximate surface area is 124 Å². The Kier molecular flexibility index (Phi) is 4.93. The summed E-state index contributed by atoms with van der Waals surface area (Å²) in [6, 6.07) is 7.13. The standard InChI is InChI=1S/C17H19NO3/c1-4-7-21-15-8-14(10-18-11-15)17(19)13-6-5-12(2)16(9-13)20-3/h5-6,8-11H,4,7H2,1-3H3. The molecule has 0 aliphatic carbocycles. The zero-order valence-electron chi connectivity index (χ0n) is 12.6. The highest BCUT2D eigenvalue weighted by atomic mass is 16.5. The van der Waals surface area contributed by atoms with E-state index in [0.29, 0.717) is 29.2 Å². The van der Waals surface area contributed by atoms with Crippen LogP contribution in [0.5, 0.6) is 11.5 Å². The summed E-state index contributed by atoms with van der Waals surface area (Å²) in [4.78, 5) is 16.6. The molecule has 0 saturated heterocycles. The average molecular weight is 285 g/mol. The smallest absolute Gasteiger partial charge is 0.194 e. The van der Waals surface area contributed by atoms with E-state index in [9.17, 15) is 4.79 Å². The van der Waals surface area contributed by atoms with E-state index >= 15 is 0 Å². The van der Waals surface area contributed by atoms with Crippen LogP contribution in [0.2, 0.25) is 0 Å². The number of nitrogens with zero attached hydrogens (tertiary/aromatic N) is 1. The van der Waals surface area contributed by atoms with Crippen LogP contribution in [0.1, 0.15) is 34.8 Å². The zero-order valence-corrected chi connectivity index (χ0v) is 12.6. The lowest BCUT2D eigenvalue weighted by molar-refractivity contribution is 0.103. The molecule has 1 aromatic carbocycles. The lowest BCUT2D eigenvalue weighted by Crippen LogP contribution is -2.04. The average Bonchev–Trinajstić information content (AvgIpc) is 2.53. The highest BCUT2D eigenvalue weighted by Crippen LogP contribution is 2.22. The number of benzene rings is 1. The first-order valence-corrected chi connectivity index (χ1v) is 6.93. The molecule has 4 heteroatoms. The van der Waals surface area contributed by atoms with Crippen LogP contribution in [0.3, 0.4) is 0 Å². The molecule has 0 saturated carbocycles. The van der Waals surface area contributed by atoms with Crippen molar-refractivity contribution >= 4 is 5.78 Å². The number of carbonyl (C=O) groups excluding carboxylic acids is 1. The van der Waals surface area contributed by atoms with Gasteiger partial charge < -0.3 is 9.47 Å². The third-order valence-electron chi connectivity index (χ3n) is 3.12. The Morgan fingerprint density at radius 3 is 2.71 bits per heavy atom. The van der Waals surface area contributed by atoms with Gasteiger partial charge in [0.1, 0.15) is 11.5 Å². The molecule has 0 N–H and O–H groups in total. The van der Waals surface area contributed by atoms with Crippen molar-refractivity contribution in [3.63, 3.8) is 0 Å². The van der Waals surface area contributed by atoms with Crippen molar-refractivity contribution in [1.82, 2.24) is 4.98 Å². The summed E-state index contributed by atoms with van der Waals surface area (Å²) in [5.74, 6) is 1.22. The van der Waals surface area contributed by atoms with Crippen LogP contribution < -0.4 is 9.47 Å². The Bertz CT molecular complexity index is 638. The lowest BCUT2D eigenvalue weighted by Gasteiger charge is -2.08. The number of pyridine rings is 1. The molecule has 0 spiro atoms. The highest BCUT2D eigenvalue weighted by Gasteiger charge is 2.12. The van der Waals surface area contributed by atoms with E-state index in [2.05, 4.69) is 4.98 Å². The number of ether oxygens (including phenoxy) is 2. The normalized spacial score (nSPS) is 10.2. The first-order valence-electron chi connectivity index (χ1n) is 6.93. The molecule has 2 rings (SSSR count). The molecule has 0 aliphatic rings. The molecule has 2 aromatic rings. The van der Waals surface area contributed by atoms with E-state index in [-0.39, 0.29) is 5.78 Å². The minimum atomic E-state index is -0.0947. The van der Waals surface area contributed by atoms with Crippen LogP contribution >= 0.6 is 0 Å². The molecule has 21 heavy (non-hydrogen) atoms. The molecule has 4 nitrogen and oxygen atoms in total. The summed E-state index contributed by atoms with van der Waals surface area (Å²) >= 11 is 0. The van der Waals surface area contributed by atoms with Crippen LogP contribution in [0.4, 0.5) is 0 Å². The number of carbonyl (C=O) groups is 1. The van der Waals surface area contributed by atoms with Gasteiger partial charge in [0.2, 0.25) is 0 Å². The first kappa shape index (κ1) is 15.0. The Morgan fingerprint density at radius 2 is 2.00 bits per heavy atom. The molecule has 0 radical (unpaired) electrons. The second-order valence-electron chi connectivity index (χ2n) is 4.77. The van der Waals surface area contributed by atoms with E-state index in [0.717, 1.165) is 12.0 Å². The van der Waals surface area contributed by atoms with E-state index in [4.69, 9.17) is 9.47 Å². The monoisotopic (exact) mass is 285 g/mol. The molecule has 0 amide bonds. The van der Waals surface area contributed by atoms with Gasteiger partial charge in [-0.25, -0.2) is 0 Å². The second kappa shape index (κ2) is 6.88. The number of methoxy groups -OCH3 is 1. The maximum absolute atomic E-state index is 12.5. The van der Waals surface area contributed by atoms with Gasteiger partial charge in [0, 0.05) is 17.3 Å². The van der Waals surface area contributed by atoms with Gasteiger partial charge in [0.05, 0.1) is 19.9 Å². The molecular weight excluding hydrogens is 266 g/mol. The summed E-state index contributed by atoms with van der Waals surface area (Å²) in [6.07, 6.45) is 4.07. The van der Waals surface area contributed by atoms with E-state index in [1.165, 1.54) is 0 Å². The van der Waals surface area contributed by atoms with Gasteiger partial charge in [-0.3, -0.25) is 9.78 Å². The Balaban J connectivity index is 2.27. The van der Waals surface area contributed by atoms with Gasteiger partial charge in [0.25, 0.3) is 0 Å². The maximum atomic E-state index is 12.5. The van der Waals surface area contributed by atoms with Crippen molar-refractivity contribution in [2.45, 2.75) is 20.3 Å². The maximum Gasteiger partial charge on any atom is 0.194 e. The Hall–Kier alpha value is -2.36. The summed E-state index contributed by atoms with van der Waals surface area (Å²) in [5, 5.41) is 0. The topological polar surface area (TPSA) is 48.4 Å². The van der Waals surface area contributed by atoms with E-state index in [1.54, 1.807) is 37.7 Å². The van der Waals surface area contributed by atoms with Crippen LogP contribution in [-0.4, -0.2) is 24.5 Å². The molecule has 0 fully saturated rings. The number of rotatable bonds is 6. The van der Waals surface area contributed by atoms with Gasteiger partial charge in [-0.1, -0.05) is 19.1 Å². The van der Waals surface area contributed by atoms with Gasteiger partial charge >= 0.3 is 0 Å². The summed E-state index contributed by atoms with van der Waals surface area (Å²) in [7, 11) is 1.59. The van der Waals surface area contributed by atoms with Gasteiger partial charge in [0.15, 0.2) is 5.78 Å². The molecule has 0 unspecified atom stereocenters. The second-order valence-corrected chi connectivity index (χ2v) is 4.77. The highest BCUT2D eigenvalue weighted by molar-refractivity contribution is 6.09. The minimum absolute atomic E-state index is 0.0947. The van der Waals surface area contributed by atoms with E-state index in [1.807, 2.05) is 19.9 Å². The molecule has 0 bridgehead atoms. The van der Waals surface area contributed by atoms with Crippen molar-refractivity contribution in [3.8, 4) is 11.5 Å². The zero-order chi connectivity index (χ0) is 15.2. The molecule has 110 valence electrons. The summed E-state index contributed by atoms with van der Waals surface area (Å²) in [6.45, 7) is 4.58. The fourth-order valence-corrected chi connectivity index (χ4v) is 1.97. The van der Waals surface area contributed by atoms with Crippen molar-refractivity contribution in [3.05, 3.63) is 53.3 Å². The SMILES string of the molecule is CCCOc1cncc(C(=O)c2ccc(C)c(OC)c2)c1. The van der Waals surface area contributed by atoms with Crippen molar-refractivity contribution in [2.75, 3.05) is 13.7 Å². The minimum Gasteiger partial charge on any atom is -0.496 e. The van der Waals surface area contributed by atoms with Crippen molar-refractivity contribution in [1.29, 1.82) is 0 Å². The third kappa shape index (κ3) is 3.60. The largest absolute Gasteiger partial charge is 0.496 e. The van der Waals surface area contributed by atoms with Crippen LogP contribution in [0, 0.1) is 6.92 Å². The van der Waals surface area contributed by atoms with Crippen LogP contribution in [0.25, 0.3) is 0 Å². The number of aromatic nitrogens is 1. The lowest BCUT2D eigenvalue weighted by atomic mass is 10.0. The van der Waals surface area contributed by atoms with Crippen molar-refractivity contribution < 1.29 is 14.3 Å². The number of hydrogen-bond donors (Lipinski definition) is 0. The predicted octanol–water partition coefficient (Wildman–Crippen LogP) is 3.42. The number of ketones is 1. The third-order valence-corrected chi connectivity index (χ3v) is 3.12. The van der Waals surface area contributed by atoms with Crippen LogP contribution in [0.15, 0.2) is 36.7 Å². The number of hydrogen-bond acceptors (Lipinski definition) is 4. The van der Waals surface area contributed by atoms with Gasteiger partial charge in [-0.2, -0.15) is 0 Å². The van der Waals surface area contributed by atoms with Crippen molar-refractivity contribution in [2.24, 2.45) is 0 Å². The molecule has 1 aromatic heterocycles.